The second kappa shape index (κ2) is 10.0. The molecule has 226 valence electrons. The first-order chi connectivity index (χ1) is 24.3. The normalized spacial score (nSPS) is 12.1. The van der Waals surface area contributed by atoms with Crippen molar-refractivity contribution in [2.75, 3.05) is 0 Å². The van der Waals surface area contributed by atoms with E-state index in [9.17, 15) is 0 Å². The van der Waals surface area contributed by atoms with Crippen LogP contribution in [0.25, 0.3) is 110 Å². The Hall–Kier alpha value is -6.44. The minimum atomic E-state index is 0.915. The van der Waals surface area contributed by atoms with E-state index in [1.165, 1.54) is 88.0 Å². The van der Waals surface area contributed by atoms with Crippen LogP contribution >= 0.6 is 0 Å². The van der Waals surface area contributed by atoms with Crippen LogP contribution in [0.15, 0.2) is 174 Å². The highest BCUT2D eigenvalue weighted by molar-refractivity contribution is 6.27. The van der Waals surface area contributed by atoms with Crippen molar-refractivity contribution in [2.24, 2.45) is 0 Å². The molecule has 0 radical (unpaired) electrons. The van der Waals surface area contributed by atoms with Gasteiger partial charge in [0.15, 0.2) is 0 Å². The number of benzene rings is 9. The van der Waals surface area contributed by atoms with Crippen LogP contribution in [0.5, 0.6) is 0 Å². The van der Waals surface area contributed by atoms with Gasteiger partial charge in [-0.15, -0.1) is 0 Å². The SMILES string of the molecule is c1ccc2c(c1)-c1ccccc1-c1cc3c4ccccc4c4ccccc4c3cc1-c1ccc(-c3ccc4oc5ccccc5c4c3)cc1-2. The lowest BCUT2D eigenvalue weighted by molar-refractivity contribution is 0.669. The minimum absolute atomic E-state index is 0.915. The molecule has 49 heavy (non-hydrogen) atoms. The molecule has 1 aromatic heterocycles. The Labute approximate surface area is 283 Å². The van der Waals surface area contributed by atoms with E-state index in [-0.39, 0.29) is 0 Å². The van der Waals surface area contributed by atoms with Crippen LogP contribution in [-0.4, -0.2) is 0 Å². The quantitative estimate of drug-likeness (QED) is 0.166. The molecule has 1 aliphatic carbocycles. The summed E-state index contributed by atoms with van der Waals surface area (Å²) < 4.78 is 6.18. The van der Waals surface area contributed by atoms with Crippen LogP contribution in [0.4, 0.5) is 0 Å². The summed E-state index contributed by atoms with van der Waals surface area (Å²) in [7, 11) is 0. The Kier molecular flexibility index (Phi) is 5.45. The highest BCUT2D eigenvalue weighted by atomic mass is 16.3. The molecular weight excluding hydrogens is 593 g/mol. The third-order valence-electron chi connectivity index (χ3n) is 10.6. The van der Waals surface area contributed by atoms with E-state index in [1.54, 1.807) is 0 Å². The molecule has 1 heteroatoms. The van der Waals surface area contributed by atoms with Gasteiger partial charge in [-0.1, -0.05) is 133 Å². The van der Waals surface area contributed by atoms with Crippen molar-refractivity contribution in [1.29, 1.82) is 0 Å². The van der Waals surface area contributed by atoms with E-state index < -0.39 is 0 Å². The molecule has 0 fully saturated rings. The predicted molar refractivity (Wildman–Crippen MR) is 207 cm³/mol. The summed E-state index contributed by atoms with van der Waals surface area (Å²) in [6.45, 7) is 0. The summed E-state index contributed by atoms with van der Waals surface area (Å²) in [5.41, 5.74) is 14.2. The van der Waals surface area contributed by atoms with Gasteiger partial charge in [0.05, 0.1) is 0 Å². The maximum atomic E-state index is 6.18. The Morgan fingerprint density at radius 3 is 1.20 bits per heavy atom. The average Bonchev–Trinajstić information content (AvgIpc) is 3.55. The molecule has 0 saturated heterocycles. The van der Waals surface area contributed by atoms with Gasteiger partial charge in [0.1, 0.15) is 11.2 Å². The molecular formula is C48H28O. The molecule has 0 bridgehead atoms. The van der Waals surface area contributed by atoms with Crippen molar-refractivity contribution in [3.05, 3.63) is 170 Å². The molecule has 10 aromatic rings. The van der Waals surface area contributed by atoms with Gasteiger partial charge >= 0.3 is 0 Å². The zero-order valence-electron chi connectivity index (χ0n) is 26.6. The van der Waals surface area contributed by atoms with Gasteiger partial charge < -0.3 is 4.42 Å². The summed E-state index contributed by atoms with van der Waals surface area (Å²) >= 11 is 0. The number of hydrogen-bond acceptors (Lipinski definition) is 1. The molecule has 0 atom stereocenters. The fourth-order valence-corrected chi connectivity index (χ4v) is 8.39. The second-order valence-corrected chi connectivity index (χ2v) is 13.2. The molecule has 0 aliphatic heterocycles. The third-order valence-corrected chi connectivity index (χ3v) is 10.6. The molecule has 0 amide bonds. The first kappa shape index (κ1) is 26.6. The van der Waals surface area contributed by atoms with Crippen LogP contribution in [-0.2, 0) is 0 Å². The summed E-state index contributed by atoms with van der Waals surface area (Å²) in [5, 5.41) is 10.0. The van der Waals surface area contributed by atoms with Crippen molar-refractivity contribution in [3.63, 3.8) is 0 Å². The molecule has 0 unspecified atom stereocenters. The van der Waals surface area contributed by atoms with E-state index in [0.29, 0.717) is 0 Å². The Bertz CT molecular complexity index is 2990. The molecule has 1 aliphatic rings. The van der Waals surface area contributed by atoms with Crippen molar-refractivity contribution >= 4 is 54.3 Å². The van der Waals surface area contributed by atoms with Crippen LogP contribution in [0, 0.1) is 0 Å². The second-order valence-electron chi connectivity index (χ2n) is 13.2. The van der Waals surface area contributed by atoms with Gasteiger partial charge in [-0.3, -0.25) is 0 Å². The van der Waals surface area contributed by atoms with Crippen molar-refractivity contribution in [3.8, 4) is 55.6 Å². The largest absolute Gasteiger partial charge is 0.456 e. The summed E-state index contributed by atoms with van der Waals surface area (Å²) in [4.78, 5) is 0. The fraction of sp³-hybridized carbons (Fsp3) is 0. The molecule has 1 heterocycles. The van der Waals surface area contributed by atoms with Gasteiger partial charge in [-0.25, -0.2) is 0 Å². The van der Waals surface area contributed by atoms with E-state index in [0.717, 1.165) is 21.9 Å². The van der Waals surface area contributed by atoms with Gasteiger partial charge in [0, 0.05) is 10.8 Å². The van der Waals surface area contributed by atoms with E-state index in [4.69, 9.17) is 4.42 Å². The molecule has 1 nitrogen and oxygen atoms in total. The van der Waals surface area contributed by atoms with Gasteiger partial charge in [-0.05, 0) is 124 Å². The van der Waals surface area contributed by atoms with E-state index in [1.807, 2.05) is 12.1 Å². The van der Waals surface area contributed by atoms with Crippen LogP contribution in [0.1, 0.15) is 0 Å². The maximum Gasteiger partial charge on any atom is 0.135 e. The predicted octanol–water partition coefficient (Wildman–Crippen LogP) is 13.7. The smallest absolute Gasteiger partial charge is 0.135 e. The number of para-hydroxylation sites is 1. The summed E-state index contributed by atoms with van der Waals surface area (Å²) in [5.74, 6) is 0. The van der Waals surface area contributed by atoms with Gasteiger partial charge in [0.2, 0.25) is 0 Å². The standard InChI is InChI=1S/C48H28O/c1-5-15-35-31(11-1)32-12-2-8-18-38(32)44-27-42-36-16-6-3-13-33(36)34-14-4-7-17-37(34)43(42)28-45(44)39-23-21-29(25-41(35)39)30-22-24-48-46(26-30)40-19-9-10-20-47(40)49-48/h1-28H. The van der Waals surface area contributed by atoms with Crippen LogP contribution in [0.2, 0.25) is 0 Å². The van der Waals surface area contributed by atoms with Gasteiger partial charge in [-0.2, -0.15) is 0 Å². The molecule has 9 aromatic carbocycles. The van der Waals surface area contributed by atoms with Gasteiger partial charge in [0.25, 0.3) is 0 Å². The van der Waals surface area contributed by atoms with E-state index >= 15 is 0 Å². The van der Waals surface area contributed by atoms with Crippen molar-refractivity contribution in [2.45, 2.75) is 0 Å². The minimum Gasteiger partial charge on any atom is -0.456 e. The Morgan fingerprint density at radius 2 is 0.612 bits per heavy atom. The number of hydrogen-bond donors (Lipinski definition) is 0. The lowest BCUT2D eigenvalue weighted by atomic mass is 9.78. The molecule has 11 rings (SSSR count). The lowest BCUT2D eigenvalue weighted by Gasteiger charge is -2.25. The first-order valence-electron chi connectivity index (χ1n) is 16.9. The topological polar surface area (TPSA) is 13.1 Å². The average molecular weight is 621 g/mol. The zero-order valence-corrected chi connectivity index (χ0v) is 26.6. The maximum absolute atomic E-state index is 6.18. The monoisotopic (exact) mass is 620 g/mol. The highest BCUT2D eigenvalue weighted by Gasteiger charge is 2.24. The first-order valence-corrected chi connectivity index (χ1v) is 16.9. The molecule has 0 spiro atoms. The Morgan fingerprint density at radius 1 is 0.224 bits per heavy atom. The number of rotatable bonds is 1. The number of fused-ring (bicyclic) bond motifs is 17. The Balaban J connectivity index is 1.25. The summed E-state index contributed by atoms with van der Waals surface area (Å²) in [6.07, 6.45) is 0. The molecule has 0 N–H and O–H groups in total. The number of furan rings is 1. The summed E-state index contributed by atoms with van der Waals surface area (Å²) in [6, 6.07) is 62.4. The fourth-order valence-electron chi connectivity index (χ4n) is 8.39. The van der Waals surface area contributed by atoms with Crippen LogP contribution < -0.4 is 0 Å². The highest BCUT2D eigenvalue weighted by Crippen LogP contribution is 2.51. The van der Waals surface area contributed by atoms with Crippen LogP contribution in [0.3, 0.4) is 0 Å². The molecule has 0 saturated carbocycles. The van der Waals surface area contributed by atoms with Crippen molar-refractivity contribution in [1.82, 2.24) is 0 Å². The third kappa shape index (κ3) is 3.82. The lowest BCUT2D eigenvalue weighted by Crippen LogP contribution is -1.98. The zero-order chi connectivity index (χ0) is 32.1. The van der Waals surface area contributed by atoms with E-state index in [2.05, 4.69) is 158 Å². The van der Waals surface area contributed by atoms with Crippen molar-refractivity contribution < 1.29 is 4.42 Å².